The molecule has 5 heteroatoms. The summed E-state index contributed by atoms with van der Waals surface area (Å²) in [5.74, 6) is -0.385. The summed E-state index contributed by atoms with van der Waals surface area (Å²) >= 11 is 0. The number of hydrogen-bond donors (Lipinski definition) is 0. The van der Waals surface area contributed by atoms with Crippen molar-refractivity contribution in [1.29, 1.82) is 0 Å². The lowest BCUT2D eigenvalue weighted by molar-refractivity contribution is -0.130. The van der Waals surface area contributed by atoms with E-state index in [4.69, 9.17) is 0 Å². The fourth-order valence-electron chi connectivity index (χ4n) is 3.03. The molecule has 0 aliphatic carbocycles. The van der Waals surface area contributed by atoms with E-state index in [9.17, 15) is 14.0 Å². The molecule has 1 aliphatic rings. The highest BCUT2D eigenvalue weighted by Crippen LogP contribution is 2.12. The lowest BCUT2D eigenvalue weighted by Crippen LogP contribution is -2.38. The van der Waals surface area contributed by atoms with Crippen molar-refractivity contribution in [3.05, 3.63) is 71.5 Å². The number of hydrogen-bond acceptors (Lipinski definition) is 2. The van der Waals surface area contributed by atoms with Crippen LogP contribution in [-0.4, -0.2) is 47.8 Å². The lowest BCUT2D eigenvalue weighted by Gasteiger charge is -2.22. The predicted molar refractivity (Wildman–Crippen MR) is 93.6 cm³/mol. The predicted octanol–water partition coefficient (Wildman–Crippen LogP) is 2.74. The number of nitrogens with zero attached hydrogens (tertiary/aromatic N) is 2. The van der Waals surface area contributed by atoms with Gasteiger partial charge in [-0.3, -0.25) is 9.59 Å². The standard InChI is InChI=1S/C20H21FN2O2/c21-18-9-7-17(8-10-18)20(25)23-12-4-11-22(13-14-23)19(24)15-16-5-2-1-3-6-16/h1-3,5-10H,4,11-15H2. The Morgan fingerprint density at radius 1 is 0.840 bits per heavy atom. The lowest BCUT2D eigenvalue weighted by atomic mass is 10.1. The Hall–Kier alpha value is -2.69. The van der Waals surface area contributed by atoms with Crippen LogP contribution in [0.1, 0.15) is 22.3 Å². The zero-order chi connectivity index (χ0) is 17.6. The Bertz CT molecular complexity index is 731. The smallest absolute Gasteiger partial charge is 0.253 e. The minimum atomic E-state index is -0.356. The Balaban J connectivity index is 1.59. The normalized spacial score (nSPS) is 14.9. The molecule has 0 radical (unpaired) electrons. The van der Waals surface area contributed by atoms with Gasteiger partial charge in [0.05, 0.1) is 6.42 Å². The summed E-state index contributed by atoms with van der Waals surface area (Å²) in [5, 5.41) is 0. The minimum Gasteiger partial charge on any atom is -0.341 e. The molecule has 1 aliphatic heterocycles. The van der Waals surface area contributed by atoms with E-state index in [-0.39, 0.29) is 17.6 Å². The second-order valence-electron chi connectivity index (χ2n) is 6.20. The Kier molecular flexibility index (Phi) is 5.43. The fourth-order valence-corrected chi connectivity index (χ4v) is 3.03. The first-order chi connectivity index (χ1) is 12.1. The van der Waals surface area contributed by atoms with Gasteiger partial charge in [0.25, 0.3) is 5.91 Å². The third-order valence-corrected chi connectivity index (χ3v) is 4.43. The molecule has 25 heavy (non-hydrogen) atoms. The number of halogens is 1. The second kappa shape index (κ2) is 7.92. The van der Waals surface area contributed by atoms with Crippen molar-refractivity contribution in [2.75, 3.05) is 26.2 Å². The van der Waals surface area contributed by atoms with Gasteiger partial charge in [-0.1, -0.05) is 30.3 Å². The van der Waals surface area contributed by atoms with Gasteiger partial charge in [0.15, 0.2) is 0 Å². The van der Waals surface area contributed by atoms with E-state index in [1.165, 1.54) is 24.3 Å². The molecule has 2 aromatic carbocycles. The average molecular weight is 340 g/mol. The van der Waals surface area contributed by atoms with Gasteiger partial charge in [0, 0.05) is 31.7 Å². The van der Waals surface area contributed by atoms with Crippen molar-refractivity contribution in [2.24, 2.45) is 0 Å². The van der Waals surface area contributed by atoms with E-state index >= 15 is 0 Å². The fraction of sp³-hybridized carbons (Fsp3) is 0.300. The Labute approximate surface area is 146 Å². The SMILES string of the molecule is O=C(Cc1ccccc1)N1CCCN(C(=O)c2ccc(F)cc2)CC1. The van der Waals surface area contributed by atoms with Crippen LogP contribution >= 0.6 is 0 Å². The third kappa shape index (κ3) is 4.44. The minimum absolute atomic E-state index is 0.0854. The summed E-state index contributed by atoms with van der Waals surface area (Å²) in [7, 11) is 0. The second-order valence-corrected chi connectivity index (χ2v) is 6.20. The molecule has 2 aromatic rings. The van der Waals surface area contributed by atoms with Crippen LogP contribution in [0.25, 0.3) is 0 Å². The van der Waals surface area contributed by atoms with Gasteiger partial charge < -0.3 is 9.80 Å². The molecule has 0 atom stereocenters. The van der Waals surface area contributed by atoms with E-state index in [0.29, 0.717) is 38.2 Å². The number of carbonyl (C=O) groups is 2. The van der Waals surface area contributed by atoms with E-state index in [0.717, 1.165) is 12.0 Å². The Morgan fingerprint density at radius 2 is 1.48 bits per heavy atom. The Morgan fingerprint density at radius 3 is 2.20 bits per heavy atom. The van der Waals surface area contributed by atoms with Gasteiger partial charge >= 0.3 is 0 Å². The molecule has 3 rings (SSSR count). The zero-order valence-corrected chi connectivity index (χ0v) is 14.0. The number of amides is 2. The van der Waals surface area contributed by atoms with Crippen LogP contribution in [0, 0.1) is 5.82 Å². The van der Waals surface area contributed by atoms with Gasteiger partial charge in [-0.05, 0) is 36.2 Å². The first-order valence-electron chi connectivity index (χ1n) is 8.50. The molecule has 130 valence electrons. The molecule has 0 aromatic heterocycles. The molecule has 1 fully saturated rings. The maximum absolute atomic E-state index is 13.0. The van der Waals surface area contributed by atoms with Gasteiger partial charge in [0.1, 0.15) is 5.82 Å². The zero-order valence-electron chi connectivity index (χ0n) is 14.0. The van der Waals surface area contributed by atoms with E-state index in [1.807, 2.05) is 35.2 Å². The summed E-state index contributed by atoms with van der Waals surface area (Å²) in [6.45, 7) is 2.28. The summed E-state index contributed by atoms with van der Waals surface area (Å²) < 4.78 is 13.0. The molecule has 1 heterocycles. The van der Waals surface area contributed by atoms with Crippen LogP contribution in [0.5, 0.6) is 0 Å². The highest BCUT2D eigenvalue weighted by atomic mass is 19.1. The topological polar surface area (TPSA) is 40.6 Å². The molecule has 0 spiro atoms. The third-order valence-electron chi connectivity index (χ3n) is 4.43. The van der Waals surface area contributed by atoms with Crippen molar-refractivity contribution in [1.82, 2.24) is 9.80 Å². The molecule has 4 nitrogen and oxygen atoms in total. The molecule has 0 bridgehead atoms. The summed E-state index contributed by atoms with van der Waals surface area (Å²) in [5.41, 5.74) is 1.47. The van der Waals surface area contributed by atoms with Crippen LogP contribution in [0.4, 0.5) is 4.39 Å². The van der Waals surface area contributed by atoms with E-state index in [1.54, 1.807) is 4.90 Å². The largest absolute Gasteiger partial charge is 0.341 e. The van der Waals surface area contributed by atoms with Gasteiger partial charge in [-0.2, -0.15) is 0 Å². The van der Waals surface area contributed by atoms with Gasteiger partial charge in [-0.25, -0.2) is 4.39 Å². The summed E-state index contributed by atoms with van der Waals surface area (Å²) in [6.07, 6.45) is 1.13. The molecule has 2 amide bonds. The van der Waals surface area contributed by atoms with Crippen molar-refractivity contribution in [3.63, 3.8) is 0 Å². The molecule has 0 N–H and O–H groups in total. The molecular weight excluding hydrogens is 319 g/mol. The maximum atomic E-state index is 13.0. The molecule has 0 unspecified atom stereocenters. The van der Waals surface area contributed by atoms with Crippen LogP contribution in [0.15, 0.2) is 54.6 Å². The van der Waals surface area contributed by atoms with E-state index in [2.05, 4.69) is 0 Å². The first-order valence-corrected chi connectivity index (χ1v) is 8.50. The van der Waals surface area contributed by atoms with Crippen molar-refractivity contribution < 1.29 is 14.0 Å². The quantitative estimate of drug-likeness (QED) is 0.862. The maximum Gasteiger partial charge on any atom is 0.253 e. The monoisotopic (exact) mass is 340 g/mol. The van der Waals surface area contributed by atoms with Gasteiger partial charge in [0.2, 0.25) is 5.91 Å². The van der Waals surface area contributed by atoms with Crippen LogP contribution in [0.2, 0.25) is 0 Å². The van der Waals surface area contributed by atoms with Crippen LogP contribution < -0.4 is 0 Å². The molecular formula is C20H21FN2O2. The van der Waals surface area contributed by atoms with Crippen molar-refractivity contribution in [2.45, 2.75) is 12.8 Å². The molecule has 1 saturated heterocycles. The molecule has 0 saturated carbocycles. The van der Waals surface area contributed by atoms with Crippen LogP contribution in [-0.2, 0) is 11.2 Å². The highest BCUT2D eigenvalue weighted by Gasteiger charge is 2.22. The number of rotatable bonds is 3. The van der Waals surface area contributed by atoms with Crippen molar-refractivity contribution in [3.8, 4) is 0 Å². The summed E-state index contributed by atoms with van der Waals surface area (Å²) in [4.78, 5) is 28.6. The number of carbonyl (C=O) groups excluding carboxylic acids is 2. The van der Waals surface area contributed by atoms with E-state index < -0.39 is 0 Å². The van der Waals surface area contributed by atoms with Crippen LogP contribution in [0.3, 0.4) is 0 Å². The summed E-state index contributed by atoms with van der Waals surface area (Å²) in [6, 6.07) is 15.3. The average Bonchev–Trinajstić information content (AvgIpc) is 2.89. The number of benzene rings is 2. The van der Waals surface area contributed by atoms with Crippen molar-refractivity contribution >= 4 is 11.8 Å². The van der Waals surface area contributed by atoms with Gasteiger partial charge in [-0.15, -0.1) is 0 Å². The highest BCUT2D eigenvalue weighted by molar-refractivity contribution is 5.94. The first kappa shape index (κ1) is 17.1.